The topological polar surface area (TPSA) is 72.6 Å². The quantitative estimate of drug-likeness (QED) is 0.873. The van der Waals surface area contributed by atoms with Crippen molar-refractivity contribution >= 4 is 11.8 Å². The van der Waals surface area contributed by atoms with E-state index in [2.05, 4.69) is 0 Å². The Morgan fingerprint density at radius 2 is 1.48 bits per heavy atom. The Morgan fingerprint density at radius 1 is 1.00 bits per heavy atom. The van der Waals surface area contributed by atoms with E-state index in [4.69, 9.17) is 10.5 Å². The molecule has 21 heavy (non-hydrogen) atoms. The highest BCUT2D eigenvalue weighted by molar-refractivity contribution is 5.92. The first-order chi connectivity index (χ1) is 9.73. The fourth-order valence-electron chi connectivity index (χ4n) is 2.27. The van der Waals surface area contributed by atoms with Gasteiger partial charge in [0.05, 0.1) is 0 Å². The molecule has 0 radical (unpaired) electrons. The number of carbonyl (C=O) groups excluding carboxylic acids is 2. The Balaban J connectivity index is 2.77. The van der Waals surface area contributed by atoms with Gasteiger partial charge in [-0.3, -0.25) is 9.59 Å². The first-order valence-corrected chi connectivity index (χ1v) is 7.12. The third-order valence-corrected chi connectivity index (χ3v) is 3.17. The van der Waals surface area contributed by atoms with Gasteiger partial charge in [0.2, 0.25) is 5.91 Å². The van der Waals surface area contributed by atoms with Crippen LogP contribution in [0.15, 0.2) is 24.3 Å². The zero-order valence-corrected chi connectivity index (χ0v) is 13.3. The maximum atomic E-state index is 12.4. The standard InChI is InChI=1S/C16H24N2O3/c1-10(2)18(11(3)4)16(20)12(5)21-14-8-6-13(7-9-14)15(17)19/h6-12H,1-5H3,(H2,17,19)/t12-/m0/s1. The summed E-state index contributed by atoms with van der Waals surface area (Å²) in [5.74, 6) is -0.0104. The van der Waals surface area contributed by atoms with Crippen LogP contribution in [0.1, 0.15) is 45.0 Å². The lowest BCUT2D eigenvalue weighted by molar-refractivity contribution is -0.141. The molecule has 0 saturated heterocycles. The van der Waals surface area contributed by atoms with Crippen LogP contribution in [0.3, 0.4) is 0 Å². The second-order valence-electron chi connectivity index (χ2n) is 5.58. The zero-order valence-electron chi connectivity index (χ0n) is 13.3. The molecule has 1 aromatic rings. The van der Waals surface area contributed by atoms with Crippen molar-refractivity contribution in [1.29, 1.82) is 0 Å². The molecule has 5 nitrogen and oxygen atoms in total. The van der Waals surface area contributed by atoms with Gasteiger partial charge in [-0.05, 0) is 58.9 Å². The molecule has 1 atom stereocenters. The summed E-state index contributed by atoms with van der Waals surface area (Å²) in [5.41, 5.74) is 5.59. The Labute approximate surface area is 126 Å². The summed E-state index contributed by atoms with van der Waals surface area (Å²) in [6, 6.07) is 6.66. The third-order valence-electron chi connectivity index (χ3n) is 3.17. The Kier molecular flexibility index (Phi) is 5.76. The highest BCUT2D eigenvalue weighted by Crippen LogP contribution is 2.16. The number of hydrogen-bond acceptors (Lipinski definition) is 3. The molecule has 0 aliphatic rings. The third kappa shape index (κ3) is 4.48. The number of hydrogen-bond donors (Lipinski definition) is 1. The molecule has 0 aliphatic heterocycles. The summed E-state index contributed by atoms with van der Waals surface area (Å²) in [6.07, 6.45) is -0.589. The average Bonchev–Trinajstić information content (AvgIpc) is 2.38. The Bertz CT molecular complexity index is 487. The zero-order chi connectivity index (χ0) is 16.2. The van der Waals surface area contributed by atoms with Crippen LogP contribution >= 0.6 is 0 Å². The molecule has 1 aromatic carbocycles. The van der Waals surface area contributed by atoms with Gasteiger partial charge in [0, 0.05) is 17.6 Å². The second-order valence-corrected chi connectivity index (χ2v) is 5.58. The molecule has 2 N–H and O–H groups in total. The largest absolute Gasteiger partial charge is 0.481 e. The summed E-state index contributed by atoms with van der Waals surface area (Å²) in [4.78, 5) is 25.2. The lowest BCUT2D eigenvalue weighted by Gasteiger charge is -2.33. The van der Waals surface area contributed by atoms with Crippen molar-refractivity contribution in [3.8, 4) is 5.75 Å². The molecule has 2 amide bonds. The first-order valence-electron chi connectivity index (χ1n) is 7.12. The fourth-order valence-corrected chi connectivity index (χ4v) is 2.27. The van der Waals surface area contributed by atoms with E-state index in [0.717, 1.165) is 0 Å². The van der Waals surface area contributed by atoms with Gasteiger partial charge >= 0.3 is 0 Å². The molecule has 0 aromatic heterocycles. The van der Waals surface area contributed by atoms with Crippen LogP contribution in [0.5, 0.6) is 5.75 Å². The molecular weight excluding hydrogens is 268 g/mol. The minimum absolute atomic E-state index is 0.0565. The van der Waals surface area contributed by atoms with Crippen LogP contribution in [-0.2, 0) is 4.79 Å². The van der Waals surface area contributed by atoms with Crippen LogP contribution in [-0.4, -0.2) is 34.9 Å². The van der Waals surface area contributed by atoms with E-state index in [1.165, 1.54) is 0 Å². The van der Waals surface area contributed by atoms with Crippen LogP contribution in [0.25, 0.3) is 0 Å². The van der Waals surface area contributed by atoms with Crippen molar-refractivity contribution < 1.29 is 14.3 Å². The normalized spacial score (nSPS) is 12.3. The molecular formula is C16H24N2O3. The van der Waals surface area contributed by atoms with Gasteiger partial charge in [0.15, 0.2) is 6.10 Å². The lowest BCUT2D eigenvalue weighted by atomic mass is 10.2. The molecule has 0 fully saturated rings. The van der Waals surface area contributed by atoms with Crippen LogP contribution < -0.4 is 10.5 Å². The summed E-state index contributed by atoms with van der Waals surface area (Å²) in [6.45, 7) is 9.64. The van der Waals surface area contributed by atoms with Gasteiger partial charge in [0.25, 0.3) is 5.91 Å². The number of amides is 2. The van der Waals surface area contributed by atoms with E-state index in [-0.39, 0.29) is 18.0 Å². The van der Waals surface area contributed by atoms with Gasteiger partial charge in [0.1, 0.15) is 5.75 Å². The predicted molar refractivity (Wildman–Crippen MR) is 82.2 cm³/mol. The molecule has 0 saturated carbocycles. The van der Waals surface area contributed by atoms with E-state index >= 15 is 0 Å². The summed E-state index contributed by atoms with van der Waals surface area (Å²) in [5, 5.41) is 0. The maximum Gasteiger partial charge on any atom is 0.263 e. The molecule has 0 unspecified atom stereocenters. The number of benzene rings is 1. The second kappa shape index (κ2) is 7.11. The number of carbonyl (C=O) groups is 2. The van der Waals surface area contributed by atoms with Gasteiger partial charge in [-0.2, -0.15) is 0 Å². The van der Waals surface area contributed by atoms with E-state index in [1.807, 2.05) is 27.7 Å². The van der Waals surface area contributed by atoms with Crippen molar-refractivity contribution in [2.24, 2.45) is 5.73 Å². The van der Waals surface area contributed by atoms with Crippen molar-refractivity contribution in [3.63, 3.8) is 0 Å². The van der Waals surface area contributed by atoms with Crippen molar-refractivity contribution in [1.82, 2.24) is 4.90 Å². The molecule has 0 heterocycles. The predicted octanol–water partition coefficient (Wildman–Crippen LogP) is 2.20. The average molecular weight is 292 g/mol. The van der Waals surface area contributed by atoms with Crippen LogP contribution in [0, 0.1) is 0 Å². The van der Waals surface area contributed by atoms with Gasteiger partial charge in [-0.15, -0.1) is 0 Å². The van der Waals surface area contributed by atoms with Crippen LogP contribution in [0.4, 0.5) is 0 Å². The maximum absolute atomic E-state index is 12.4. The van der Waals surface area contributed by atoms with E-state index < -0.39 is 12.0 Å². The van der Waals surface area contributed by atoms with E-state index in [1.54, 1.807) is 36.1 Å². The highest BCUT2D eigenvalue weighted by Gasteiger charge is 2.26. The SMILES string of the molecule is CC(C)N(C(=O)[C@H](C)Oc1ccc(C(N)=O)cc1)C(C)C. The molecule has 0 aliphatic carbocycles. The van der Waals surface area contributed by atoms with Gasteiger partial charge < -0.3 is 15.4 Å². The summed E-state index contributed by atoms with van der Waals surface area (Å²) < 4.78 is 5.65. The van der Waals surface area contributed by atoms with E-state index in [0.29, 0.717) is 11.3 Å². The number of rotatable bonds is 6. The monoisotopic (exact) mass is 292 g/mol. The summed E-state index contributed by atoms with van der Waals surface area (Å²) in [7, 11) is 0. The highest BCUT2D eigenvalue weighted by atomic mass is 16.5. The molecule has 0 spiro atoms. The van der Waals surface area contributed by atoms with Gasteiger partial charge in [-0.25, -0.2) is 0 Å². The molecule has 1 rings (SSSR count). The van der Waals surface area contributed by atoms with Crippen molar-refractivity contribution in [3.05, 3.63) is 29.8 Å². The minimum atomic E-state index is -0.589. The Hall–Kier alpha value is -2.04. The Morgan fingerprint density at radius 3 is 1.86 bits per heavy atom. The summed E-state index contributed by atoms with van der Waals surface area (Å²) >= 11 is 0. The molecule has 5 heteroatoms. The number of primary amides is 1. The lowest BCUT2D eigenvalue weighted by Crippen LogP contribution is -2.48. The number of nitrogens with zero attached hydrogens (tertiary/aromatic N) is 1. The molecule has 116 valence electrons. The number of ether oxygens (including phenoxy) is 1. The van der Waals surface area contributed by atoms with Crippen molar-refractivity contribution in [2.45, 2.75) is 52.8 Å². The number of nitrogens with two attached hydrogens (primary N) is 1. The van der Waals surface area contributed by atoms with E-state index in [9.17, 15) is 9.59 Å². The fraction of sp³-hybridized carbons (Fsp3) is 0.500. The van der Waals surface area contributed by atoms with Crippen molar-refractivity contribution in [2.75, 3.05) is 0 Å². The molecule has 0 bridgehead atoms. The van der Waals surface area contributed by atoms with Crippen LogP contribution in [0.2, 0.25) is 0 Å². The minimum Gasteiger partial charge on any atom is -0.481 e. The van der Waals surface area contributed by atoms with Gasteiger partial charge in [-0.1, -0.05) is 0 Å². The smallest absolute Gasteiger partial charge is 0.263 e. The first kappa shape index (κ1) is 17.0.